The van der Waals surface area contributed by atoms with Gasteiger partial charge in [-0.3, -0.25) is 4.98 Å². The molecule has 0 amide bonds. The van der Waals surface area contributed by atoms with Crippen molar-refractivity contribution < 1.29 is 4.42 Å². The average molecular weight is 245 g/mol. The van der Waals surface area contributed by atoms with Crippen LogP contribution in [0, 0.1) is 0 Å². The Balaban J connectivity index is 2.18. The molecular weight excluding hydrogens is 236 g/mol. The molecule has 4 heteroatoms. The van der Waals surface area contributed by atoms with Gasteiger partial charge < -0.3 is 10.2 Å². The molecular formula is C13H9ClN2O. The summed E-state index contributed by atoms with van der Waals surface area (Å²) < 4.78 is 5.69. The highest BCUT2D eigenvalue weighted by atomic mass is 35.5. The Labute approximate surface area is 103 Å². The second kappa shape index (κ2) is 3.79. The summed E-state index contributed by atoms with van der Waals surface area (Å²) in [5.74, 6) is 0.689. The van der Waals surface area contributed by atoms with Crippen molar-refractivity contribution in [3.05, 3.63) is 47.6 Å². The molecule has 1 aromatic carbocycles. The third kappa shape index (κ3) is 1.85. The van der Waals surface area contributed by atoms with Crippen molar-refractivity contribution in [3.63, 3.8) is 0 Å². The number of aromatic nitrogens is 1. The Morgan fingerprint density at radius 2 is 2.00 bits per heavy atom. The molecule has 3 rings (SSSR count). The monoisotopic (exact) mass is 244 g/mol. The van der Waals surface area contributed by atoms with E-state index in [2.05, 4.69) is 4.98 Å². The van der Waals surface area contributed by atoms with Gasteiger partial charge in [0, 0.05) is 22.3 Å². The summed E-state index contributed by atoms with van der Waals surface area (Å²) in [5.41, 5.74) is 7.88. The molecule has 0 saturated heterocycles. The molecule has 84 valence electrons. The van der Waals surface area contributed by atoms with Crippen LogP contribution in [0.4, 0.5) is 5.69 Å². The standard InChI is InChI=1S/C13H9ClN2O/c14-9-1-2-12-8(5-9)6-13(17-12)11-7-10(15)3-4-16-11/h1-7H,(H2,15,16). The predicted molar refractivity (Wildman–Crippen MR) is 68.9 cm³/mol. The van der Waals surface area contributed by atoms with Gasteiger partial charge in [0.1, 0.15) is 11.3 Å². The van der Waals surface area contributed by atoms with Gasteiger partial charge in [-0.25, -0.2) is 0 Å². The fraction of sp³-hybridized carbons (Fsp3) is 0. The highest BCUT2D eigenvalue weighted by Gasteiger charge is 2.07. The maximum absolute atomic E-state index is 5.92. The normalized spacial score (nSPS) is 10.9. The lowest BCUT2D eigenvalue weighted by molar-refractivity contribution is 0.629. The van der Waals surface area contributed by atoms with Crippen LogP contribution < -0.4 is 5.73 Å². The first-order valence-corrected chi connectivity index (χ1v) is 5.51. The van der Waals surface area contributed by atoms with Gasteiger partial charge in [0.2, 0.25) is 0 Å². The molecule has 3 aromatic rings. The Kier molecular flexibility index (Phi) is 2.27. The first-order chi connectivity index (χ1) is 8.22. The van der Waals surface area contributed by atoms with E-state index in [0.717, 1.165) is 16.7 Å². The van der Waals surface area contributed by atoms with Crippen LogP contribution in [0.2, 0.25) is 5.02 Å². The highest BCUT2D eigenvalue weighted by Crippen LogP contribution is 2.28. The molecule has 0 aliphatic carbocycles. The Morgan fingerprint density at radius 1 is 1.12 bits per heavy atom. The first-order valence-electron chi connectivity index (χ1n) is 5.13. The van der Waals surface area contributed by atoms with E-state index >= 15 is 0 Å². The lowest BCUT2D eigenvalue weighted by Crippen LogP contribution is -1.86. The summed E-state index contributed by atoms with van der Waals surface area (Å²) in [6.07, 6.45) is 1.66. The van der Waals surface area contributed by atoms with E-state index in [9.17, 15) is 0 Å². The number of hydrogen-bond donors (Lipinski definition) is 1. The number of pyridine rings is 1. The van der Waals surface area contributed by atoms with E-state index in [0.29, 0.717) is 16.5 Å². The fourth-order valence-electron chi connectivity index (χ4n) is 1.72. The van der Waals surface area contributed by atoms with Crippen LogP contribution in [0.1, 0.15) is 0 Å². The van der Waals surface area contributed by atoms with Crippen LogP contribution >= 0.6 is 11.6 Å². The van der Waals surface area contributed by atoms with Crippen LogP contribution in [-0.2, 0) is 0 Å². The second-order valence-electron chi connectivity index (χ2n) is 3.77. The van der Waals surface area contributed by atoms with Crippen LogP contribution in [0.25, 0.3) is 22.4 Å². The minimum absolute atomic E-state index is 0.661. The number of nitrogens with two attached hydrogens (primary N) is 1. The summed E-state index contributed by atoms with van der Waals surface area (Å²) in [7, 11) is 0. The molecule has 2 aromatic heterocycles. The third-order valence-electron chi connectivity index (χ3n) is 2.51. The summed E-state index contributed by atoms with van der Waals surface area (Å²) in [5, 5.41) is 1.64. The van der Waals surface area contributed by atoms with Gasteiger partial charge in [0.05, 0.1) is 0 Å². The quantitative estimate of drug-likeness (QED) is 0.710. The molecule has 0 spiro atoms. The minimum atomic E-state index is 0.661. The van der Waals surface area contributed by atoms with Crippen molar-refractivity contribution in [2.45, 2.75) is 0 Å². The Morgan fingerprint density at radius 3 is 2.82 bits per heavy atom. The van der Waals surface area contributed by atoms with Gasteiger partial charge in [0.15, 0.2) is 5.76 Å². The number of anilines is 1. The summed E-state index contributed by atoms with van der Waals surface area (Å²) in [4.78, 5) is 4.22. The van der Waals surface area contributed by atoms with Crippen LogP contribution in [0.3, 0.4) is 0 Å². The van der Waals surface area contributed by atoms with Gasteiger partial charge >= 0.3 is 0 Å². The number of furan rings is 1. The SMILES string of the molecule is Nc1ccnc(-c2cc3cc(Cl)ccc3o2)c1. The molecule has 0 atom stereocenters. The Hall–Kier alpha value is -2.00. The van der Waals surface area contributed by atoms with Crippen LogP contribution in [-0.4, -0.2) is 4.98 Å². The molecule has 0 radical (unpaired) electrons. The van der Waals surface area contributed by atoms with Crippen LogP contribution in [0.15, 0.2) is 47.0 Å². The number of hydrogen-bond acceptors (Lipinski definition) is 3. The largest absolute Gasteiger partial charge is 0.454 e. The second-order valence-corrected chi connectivity index (χ2v) is 4.20. The molecule has 0 aliphatic rings. The van der Waals surface area contributed by atoms with Crippen molar-refractivity contribution in [3.8, 4) is 11.5 Å². The zero-order valence-electron chi connectivity index (χ0n) is 8.85. The van der Waals surface area contributed by atoms with Crippen molar-refractivity contribution in [2.24, 2.45) is 0 Å². The molecule has 3 nitrogen and oxygen atoms in total. The zero-order chi connectivity index (χ0) is 11.8. The van der Waals surface area contributed by atoms with Gasteiger partial charge in [-0.2, -0.15) is 0 Å². The summed E-state index contributed by atoms with van der Waals surface area (Å²) in [6, 6.07) is 10.9. The van der Waals surface area contributed by atoms with E-state index in [1.165, 1.54) is 0 Å². The van der Waals surface area contributed by atoms with Gasteiger partial charge in [0.25, 0.3) is 0 Å². The van der Waals surface area contributed by atoms with Gasteiger partial charge in [-0.15, -0.1) is 0 Å². The number of nitrogens with zero attached hydrogens (tertiary/aromatic N) is 1. The number of fused-ring (bicyclic) bond motifs is 1. The minimum Gasteiger partial charge on any atom is -0.454 e. The molecule has 0 fully saturated rings. The summed E-state index contributed by atoms with van der Waals surface area (Å²) in [6.45, 7) is 0. The maximum Gasteiger partial charge on any atom is 0.153 e. The van der Waals surface area contributed by atoms with E-state index in [4.69, 9.17) is 21.8 Å². The first kappa shape index (κ1) is 10.2. The van der Waals surface area contributed by atoms with Crippen molar-refractivity contribution >= 4 is 28.3 Å². The molecule has 0 bridgehead atoms. The van der Waals surface area contributed by atoms with Crippen LogP contribution in [0.5, 0.6) is 0 Å². The lowest BCUT2D eigenvalue weighted by atomic mass is 10.2. The Bertz CT molecular complexity index is 691. The smallest absolute Gasteiger partial charge is 0.153 e. The number of nitrogen functional groups attached to an aromatic ring is 1. The lowest BCUT2D eigenvalue weighted by Gasteiger charge is -1.96. The van der Waals surface area contributed by atoms with E-state index < -0.39 is 0 Å². The van der Waals surface area contributed by atoms with Crippen molar-refractivity contribution in [2.75, 3.05) is 5.73 Å². The third-order valence-corrected chi connectivity index (χ3v) is 2.75. The van der Waals surface area contributed by atoms with Gasteiger partial charge in [-0.05, 0) is 36.4 Å². The topological polar surface area (TPSA) is 52.0 Å². The fourth-order valence-corrected chi connectivity index (χ4v) is 1.90. The molecule has 2 N–H and O–H groups in total. The molecule has 17 heavy (non-hydrogen) atoms. The van der Waals surface area contributed by atoms with Gasteiger partial charge in [-0.1, -0.05) is 11.6 Å². The van der Waals surface area contributed by atoms with E-state index in [1.807, 2.05) is 18.2 Å². The van der Waals surface area contributed by atoms with Crippen molar-refractivity contribution in [1.82, 2.24) is 4.98 Å². The van der Waals surface area contributed by atoms with E-state index in [-0.39, 0.29) is 0 Å². The number of halogens is 1. The number of benzene rings is 1. The van der Waals surface area contributed by atoms with E-state index in [1.54, 1.807) is 24.4 Å². The number of rotatable bonds is 1. The highest BCUT2D eigenvalue weighted by molar-refractivity contribution is 6.31. The molecule has 0 aliphatic heterocycles. The van der Waals surface area contributed by atoms with Crippen molar-refractivity contribution in [1.29, 1.82) is 0 Å². The molecule has 2 heterocycles. The summed E-state index contributed by atoms with van der Waals surface area (Å²) >= 11 is 5.92. The molecule has 0 unspecified atom stereocenters. The maximum atomic E-state index is 5.92. The average Bonchev–Trinajstić information content (AvgIpc) is 2.72. The predicted octanol–water partition coefficient (Wildman–Crippen LogP) is 3.73. The molecule has 0 saturated carbocycles. The zero-order valence-corrected chi connectivity index (χ0v) is 9.61.